The van der Waals surface area contributed by atoms with Crippen molar-refractivity contribution in [3.05, 3.63) is 30.0 Å². The van der Waals surface area contributed by atoms with Gasteiger partial charge >= 0.3 is 5.97 Å². The lowest BCUT2D eigenvalue weighted by Crippen LogP contribution is -2.22. The van der Waals surface area contributed by atoms with Crippen molar-refractivity contribution in [2.24, 2.45) is 7.05 Å². The molecule has 0 saturated heterocycles. The first-order valence-electron chi connectivity index (χ1n) is 4.91. The molecule has 0 fully saturated rings. The number of fused-ring (bicyclic) bond motifs is 1. The summed E-state index contributed by atoms with van der Waals surface area (Å²) in [6.07, 6.45) is -1.38. The third-order valence-electron chi connectivity index (χ3n) is 2.51. The van der Waals surface area contributed by atoms with Crippen LogP contribution in [-0.2, 0) is 18.3 Å². The first kappa shape index (κ1) is 10.6. The smallest absolute Gasteiger partial charge is 0.332 e. The lowest BCUT2D eigenvalue weighted by atomic mass is 10.1. The molecule has 16 heavy (non-hydrogen) atoms. The standard InChI is InChI=1S/C11H12N2O3/c1-13-9-5-3-2-4-7(9)8(12-13)6-10(14)11(15)16/h2-5,10,14H,6H2,1H3,(H,15,16). The number of benzene rings is 1. The van der Waals surface area contributed by atoms with Gasteiger partial charge in [0.15, 0.2) is 6.10 Å². The number of aliphatic hydroxyl groups excluding tert-OH is 1. The van der Waals surface area contributed by atoms with Crippen molar-refractivity contribution < 1.29 is 15.0 Å². The second kappa shape index (κ2) is 3.94. The van der Waals surface area contributed by atoms with Crippen molar-refractivity contribution in [1.82, 2.24) is 9.78 Å². The van der Waals surface area contributed by atoms with Gasteiger partial charge < -0.3 is 10.2 Å². The molecule has 0 saturated carbocycles. The second-order valence-electron chi connectivity index (χ2n) is 3.65. The van der Waals surface area contributed by atoms with Gasteiger partial charge in [0.05, 0.1) is 11.2 Å². The molecule has 84 valence electrons. The minimum absolute atomic E-state index is 0.0245. The normalized spacial score (nSPS) is 12.9. The van der Waals surface area contributed by atoms with Gasteiger partial charge in [0.1, 0.15) is 0 Å². The molecule has 2 N–H and O–H groups in total. The topological polar surface area (TPSA) is 75.3 Å². The molecule has 5 heteroatoms. The third-order valence-corrected chi connectivity index (χ3v) is 2.51. The van der Waals surface area contributed by atoms with Crippen molar-refractivity contribution in [3.8, 4) is 0 Å². The van der Waals surface area contributed by atoms with E-state index in [1.54, 1.807) is 11.7 Å². The third kappa shape index (κ3) is 1.77. The van der Waals surface area contributed by atoms with Crippen molar-refractivity contribution in [3.63, 3.8) is 0 Å². The van der Waals surface area contributed by atoms with E-state index in [4.69, 9.17) is 5.11 Å². The molecule has 1 unspecified atom stereocenters. The largest absolute Gasteiger partial charge is 0.479 e. The lowest BCUT2D eigenvalue weighted by Gasteiger charge is -2.02. The highest BCUT2D eigenvalue weighted by Crippen LogP contribution is 2.18. The maximum Gasteiger partial charge on any atom is 0.332 e. The van der Waals surface area contributed by atoms with E-state index in [-0.39, 0.29) is 6.42 Å². The van der Waals surface area contributed by atoms with E-state index in [0.29, 0.717) is 5.69 Å². The van der Waals surface area contributed by atoms with Gasteiger partial charge in [-0.1, -0.05) is 18.2 Å². The maximum atomic E-state index is 10.6. The summed E-state index contributed by atoms with van der Waals surface area (Å²) in [5.41, 5.74) is 1.53. The zero-order valence-electron chi connectivity index (χ0n) is 8.79. The number of carboxylic acid groups (broad SMARTS) is 1. The van der Waals surface area contributed by atoms with Crippen molar-refractivity contribution in [2.75, 3.05) is 0 Å². The summed E-state index contributed by atoms with van der Waals surface area (Å²) >= 11 is 0. The predicted molar refractivity (Wildman–Crippen MR) is 58.1 cm³/mol. The Hall–Kier alpha value is -1.88. The van der Waals surface area contributed by atoms with Gasteiger partial charge in [0, 0.05) is 18.9 Å². The molecule has 5 nitrogen and oxygen atoms in total. The number of aryl methyl sites for hydroxylation is 1. The van der Waals surface area contributed by atoms with Gasteiger partial charge in [-0.2, -0.15) is 5.10 Å². The summed E-state index contributed by atoms with van der Waals surface area (Å²) in [5, 5.41) is 23.0. The van der Waals surface area contributed by atoms with Crippen LogP contribution in [0.1, 0.15) is 5.69 Å². The van der Waals surface area contributed by atoms with Gasteiger partial charge in [0.25, 0.3) is 0 Å². The molecule has 1 heterocycles. The highest BCUT2D eigenvalue weighted by molar-refractivity contribution is 5.82. The van der Waals surface area contributed by atoms with Crippen LogP contribution in [0.25, 0.3) is 10.9 Å². The van der Waals surface area contributed by atoms with E-state index in [2.05, 4.69) is 5.10 Å². The van der Waals surface area contributed by atoms with E-state index in [0.717, 1.165) is 10.9 Å². The first-order chi connectivity index (χ1) is 7.59. The van der Waals surface area contributed by atoms with Gasteiger partial charge in [-0.05, 0) is 6.07 Å². The van der Waals surface area contributed by atoms with E-state index in [9.17, 15) is 9.90 Å². The van der Waals surface area contributed by atoms with Crippen molar-refractivity contribution in [1.29, 1.82) is 0 Å². The summed E-state index contributed by atoms with van der Waals surface area (Å²) < 4.78 is 1.68. The Labute approximate surface area is 91.9 Å². The summed E-state index contributed by atoms with van der Waals surface area (Å²) in [6, 6.07) is 7.52. The lowest BCUT2D eigenvalue weighted by molar-refractivity contribution is -0.146. The van der Waals surface area contributed by atoms with E-state index < -0.39 is 12.1 Å². The molecule has 0 aliphatic rings. The first-order valence-corrected chi connectivity index (χ1v) is 4.91. The van der Waals surface area contributed by atoms with Crippen LogP contribution in [-0.4, -0.2) is 32.1 Å². The minimum atomic E-state index is -1.40. The number of aliphatic hydroxyl groups is 1. The number of aliphatic carboxylic acids is 1. The number of carbonyl (C=O) groups is 1. The van der Waals surface area contributed by atoms with Crippen LogP contribution in [0, 0.1) is 0 Å². The molecule has 1 aromatic carbocycles. The van der Waals surface area contributed by atoms with Gasteiger partial charge in [0.2, 0.25) is 0 Å². The highest BCUT2D eigenvalue weighted by atomic mass is 16.4. The number of hydrogen-bond donors (Lipinski definition) is 2. The van der Waals surface area contributed by atoms with Crippen LogP contribution in [0.5, 0.6) is 0 Å². The number of hydrogen-bond acceptors (Lipinski definition) is 3. The summed E-state index contributed by atoms with van der Waals surface area (Å²) in [6.45, 7) is 0. The van der Waals surface area contributed by atoms with Crippen LogP contribution in [0.3, 0.4) is 0 Å². The second-order valence-corrected chi connectivity index (χ2v) is 3.65. The molecule has 1 aromatic heterocycles. The fourth-order valence-electron chi connectivity index (χ4n) is 1.71. The Morgan fingerprint density at radius 1 is 1.50 bits per heavy atom. The number of nitrogens with zero attached hydrogens (tertiary/aromatic N) is 2. The fraction of sp³-hybridized carbons (Fsp3) is 0.273. The van der Waals surface area contributed by atoms with E-state index in [1.165, 1.54) is 0 Å². The Balaban J connectivity index is 2.42. The van der Waals surface area contributed by atoms with Gasteiger partial charge in [-0.25, -0.2) is 4.79 Å². The Kier molecular flexibility index (Phi) is 2.62. The molecule has 0 aliphatic heterocycles. The van der Waals surface area contributed by atoms with Gasteiger partial charge in [-0.15, -0.1) is 0 Å². The van der Waals surface area contributed by atoms with Crippen molar-refractivity contribution >= 4 is 16.9 Å². The molecule has 0 radical (unpaired) electrons. The van der Waals surface area contributed by atoms with E-state index in [1.807, 2.05) is 24.3 Å². The van der Waals surface area contributed by atoms with Crippen LogP contribution in [0.15, 0.2) is 24.3 Å². The molecular weight excluding hydrogens is 208 g/mol. The summed E-state index contributed by atoms with van der Waals surface area (Å²) in [7, 11) is 1.79. The van der Waals surface area contributed by atoms with Crippen molar-refractivity contribution in [2.45, 2.75) is 12.5 Å². The molecular formula is C11H12N2O3. The molecule has 0 amide bonds. The van der Waals surface area contributed by atoms with Crippen LogP contribution in [0.2, 0.25) is 0 Å². The average molecular weight is 220 g/mol. The maximum absolute atomic E-state index is 10.6. The van der Waals surface area contributed by atoms with Crippen LogP contribution >= 0.6 is 0 Å². The van der Waals surface area contributed by atoms with Gasteiger partial charge in [-0.3, -0.25) is 4.68 Å². The number of carboxylic acids is 1. The Morgan fingerprint density at radius 2 is 2.19 bits per heavy atom. The molecule has 0 spiro atoms. The Bertz CT molecular complexity index is 533. The van der Waals surface area contributed by atoms with Crippen LogP contribution in [0.4, 0.5) is 0 Å². The number of para-hydroxylation sites is 1. The minimum Gasteiger partial charge on any atom is -0.479 e. The zero-order valence-corrected chi connectivity index (χ0v) is 8.79. The summed E-state index contributed by atoms with van der Waals surface area (Å²) in [5.74, 6) is -1.23. The highest BCUT2D eigenvalue weighted by Gasteiger charge is 2.17. The molecule has 0 bridgehead atoms. The molecule has 1 atom stereocenters. The van der Waals surface area contributed by atoms with E-state index >= 15 is 0 Å². The van der Waals surface area contributed by atoms with Crippen LogP contribution < -0.4 is 0 Å². The summed E-state index contributed by atoms with van der Waals surface area (Å²) in [4.78, 5) is 10.6. The Morgan fingerprint density at radius 3 is 2.88 bits per heavy atom. The molecule has 2 rings (SSSR count). The monoisotopic (exact) mass is 220 g/mol. The number of aromatic nitrogens is 2. The quantitative estimate of drug-likeness (QED) is 0.792. The SMILES string of the molecule is Cn1nc(CC(O)C(=O)O)c2ccccc21. The average Bonchev–Trinajstić information content (AvgIpc) is 2.57. The predicted octanol–water partition coefficient (Wildman–Crippen LogP) is 0.561. The number of rotatable bonds is 3. The fourth-order valence-corrected chi connectivity index (χ4v) is 1.71. The zero-order chi connectivity index (χ0) is 11.7. The molecule has 0 aliphatic carbocycles. The molecule has 2 aromatic rings.